The first-order valence-electron chi connectivity index (χ1n) is 8.50. The normalized spacial score (nSPS) is 16.5. The third-order valence-electron chi connectivity index (χ3n) is 3.58. The van der Waals surface area contributed by atoms with Crippen LogP contribution in [0.25, 0.3) is 0 Å². The smallest absolute Gasteiger partial charge is 0.410 e. The van der Waals surface area contributed by atoms with Gasteiger partial charge >= 0.3 is 6.09 Å². The van der Waals surface area contributed by atoms with Gasteiger partial charge in [-0.1, -0.05) is 25.6 Å². The Morgan fingerprint density at radius 2 is 1.96 bits per heavy atom. The van der Waals surface area contributed by atoms with Crippen molar-refractivity contribution in [3.63, 3.8) is 0 Å². The van der Waals surface area contributed by atoms with Crippen LogP contribution < -0.4 is 0 Å². The molecule has 0 radical (unpaired) electrons. The highest BCUT2D eigenvalue weighted by Gasteiger charge is 2.28. The van der Waals surface area contributed by atoms with Gasteiger partial charge in [0.25, 0.3) is 0 Å². The van der Waals surface area contributed by atoms with Crippen LogP contribution in [-0.2, 0) is 4.74 Å². The van der Waals surface area contributed by atoms with Gasteiger partial charge < -0.3 is 9.64 Å². The van der Waals surface area contributed by atoms with E-state index >= 15 is 0 Å². The zero-order valence-electron chi connectivity index (χ0n) is 15.6. The molecule has 1 amide bonds. The van der Waals surface area contributed by atoms with E-state index in [4.69, 9.17) is 9.72 Å². The molecule has 0 atom stereocenters. The van der Waals surface area contributed by atoms with Crippen LogP contribution in [0.1, 0.15) is 50.2 Å². The molecule has 0 aromatic carbocycles. The van der Waals surface area contributed by atoms with Crippen molar-refractivity contribution in [2.45, 2.75) is 64.8 Å². The maximum atomic E-state index is 12.1. The molecule has 1 aliphatic rings. The van der Waals surface area contributed by atoms with Crippen molar-refractivity contribution < 1.29 is 9.53 Å². The molecule has 1 saturated heterocycles. The number of rotatable bonds is 1. The first-order chi connectivity index (χ1) is 11.0. The van der Waals surface area contributed by atoms with E-state index in [9.17, 15) is 4.79 Å². The molecular formula is C18H28N2O2SSi. The van der Waals surface area contributed by atoms with Gasteiger partial charge in [-0.3, -0.25) is 0 Å². The Hall–Kier alpha value is -1.32. The van der Waals surface area contributed by atoms with Crippen molar-refractivity contribution >= 4 is 25.5 Å². The van der Waals surface area contributed by atoms with E-state index in [0.29, 0.717) is 5.92 Å². The van der Waals surface area contributed by atoms with Crippen LogP contribution in [0.4, 0.5) is 4.79 Å². The predicted molar refractivity (Wildman–Crippen MR) is 102 cm³/mol. The van der Waals surface area contributed by atoms with Crippen LogP contribution in [0, 0.1) is 11.5 Å². The maximum Gasteiger partial charge on any atom is 0.410 e. The molecule has 4 nitrogen and oxygen atoms in total. The molecule has 1 aliphatic heterocycles. The summed E-state index contributed by atoms with van der Waals surface area (Å²) in [4.78, 5) is 18.6. The SMILES string of the molecule is CC(C)(C)OC(=O)N1CCC(c2nc(C#C[Si](C)(C)C)cs2)CC1. The number of piperidine rings is 1. The number of carbonyl (C=O) groups excluding carboxylic acids is 1. The highest BCUT2D eigenvalue weighted by Crippen LogP contribution is 2.30. The van der Waals surface area contributed by atoms with Gasteiger partial charge in [0.2, 0.25) is 0 Å². The first-order valence-corrected chi connectivity index (χ1v) is 12.9. The molecule has 1 aromatic rings. The molecule has 132 valence electrons. The number of hydrogen-bond acceptors (Lipinski definition) is 4. The second-order valence-electron chi connectivity index (χ2n) is 8.31. The number of hydrogen-bond donors (Lipinski definition) is 0. The zero-order chi connectivity index (χ0) is 18.0. The van der Waals surface area contributed by atoms with Crippen LogP contribution in [0.5, 0.6) is 0 Å². The Labute approximate surface area is 150 Å². The number of aromatic nitrogens is 1. The Kier molecular flexibility index (Phi) is 5.77. The molecule has 6 heteroatoms. The lowest BCUT2D eigenvalue weighted by Gasteiger charge is -2.32. The Morgan fingerprint density at radius 1 is 1.33 bits per heavy atom. The lowest BCUT2D eigenvalue weighted by molar-refractivity contribution is 0.0205. The zero-order valence-corrected chi connectivity index (χ0v) is 17.4. The van der Waals surface area contributed by atoms with Crippen LogP contribution in [0.15, 0.2) is 5.38 Å². The van der Waals surface area contributed by atoms with Crippen molar-refractivity contribution in [1.82, 2.24) is 9.88 Å². The average Bonchev–Trinajstić information content (AvgIpc) is 2.92. The van der Waals surface area contributed by atoms with Crippen molar-refractivity contribution in [2.24, 2.45) is 0 Å². The minimum Gasteiger partial charge on any atom is -0.444 e. The average molecular weight is 365 g/mol. The van der Waals surface area contributed by atoms with Crippen molar-refractivity contribution in [2.75, 3.05) is 13.1 Å². The van der Waals surface area contributed by atoms with Gasteiger partial charge in [0.05, 0.1) is 5.01 Å². The maximum absolute atomic E-state index is 12.1. The molecule has 0 N–H and O–H groups in total. The van der Waals surface area contributed by atoms with Gasteiger partial charge in [-0.05, 0) is 33.6 Å². The molecule has 2 rings (SSSR count). The van der Waals surface area contributed by atoms with E-state index in [1.807, 2.05) is 20.8 Å². The minimum absolute atomic E-state index is 0.207. The molecule has 1 aromatic heterocycles. The van der Waals surface area contributed by atoms with Gasteiger partial charge in [-0.25, -0.2) is 9.78 Å². The Morgan fingerprint density at radius 3 is 2.50 bits per heavy atom. The number of amides is 1. The van der Waals surface area contributed by atoms with Gasteiger partial charge in [0.15, 0.2) is 0 Å². The largest absolute Gasteiger partial charge is 0.444 e. The summed E-state index contributed by atoms with van der Waals surface area (Å²) in [5, 5.41) is 3.21. The molecule has 0 bridgehead atoms. The predicted octanol–water partition coefficient (Wildman–Crippen LogP) is 4.49. The van der Waals surface area contributed by atoms with Crippen molar-refractivity contribution in [3.8, 4) is 11.5 Å². The molecule has 2 heterocycles. The number of carbonyl (C=O) groups is 1. The van der Waals surface area contributed by atoms with E-state index in [2.05, 4.69) is 36.5 Å². The van der Waals surface area contributed by atoms with Gasteiger partial charge in [0.1, 0.15) is 19.4 Å². The number of thiazole rings is 1. The summed E-state index contributed by atoms with van der Waals surface area (Å²) >= 11 is 1.69. The summed E-state index contributed by atoms with van der Waals surface area (Å²) in [5.74, 6) is 3.65. The van der Waals surface area contributed by atoms with Crippen molar-refractivity contribution in [1.29, 1.82) is 0 Å². The lowest BCUT2D eigenvalue weighted by atomic mass is 9.98. The summed E-state index contributed by atoms with van der Waals surface area (Å²) < 4.78 is 5.45. The Bertz CT molecular complexity index is 638. The third kappa shape index (κ3) is 5.95. The highest BCUT2D eigenvalue weighted by molar-refractivity contribution is 7.09. The van der Waals surface area contributed by atoms with Crippen LogP contribution >= 0.6 is 11.3 Å². The number of nitrogens with zero attached hydrogens (tertiary/aromatic N) is 2. The molecule has 0 aliphatic carbocycles. The summed E-state index contributed by atoms with van der Waals surface area (Å²) in [6.07, 6.45) is 1.67. The molecule has 24 heavy (non-hydrogen) atoms. The van der Waals surface area contributed by atoms with E-state index in [0.717, 1.165) is 36.6 Å². The van der Waals surface area contributed by atoms with E-state index < -0.39 is 13.7 Å². The summed E-state index contributed by atoms with van der Waals surface area (Å²) in [7, 11) is -1.37. The van der Waals surface area contributed by atoms with Gasteiger partial charge in [-0.15, -0.1) is 16.9 Å². The molecule has 1 fully saturated rings. The van der Waals surface area contributed by atoms with E-state index in [1.54, 1.807) is 16.2 Å². The van der Waals surface area contributed by atoms with E-state index in [1.165, 1.54) is 0 Å². The fraction of sp³-hybridized carbons (Fsp3) is 0.667. The fourth-order valence-corrected chi connectivity index (χ4v) is 3.85. The molecular weight excluding hydrogens is 336 g/mol. The fourth-order valence-electron chi connectivity index (χ4n) is 2.42. The Balaban J connectivity index is 1.92. The molecule has 0 spiro atoms. The third-order valence-corrected chi connectivity index (χ3v) is 5.47. The summed E-state index contributed by atoms with van der Waals surface area (Å²) in [6.45, 7) is 13.9. The first kappa shape index (κ1) is 19.0. The molecule has 0 unspecified atom stereocenters. The second kappa shape index (κ2) is 7.28. The summed E-state index contributed by atoms with van der Waals surface area (Å²) in [6, 6.07) is 0. The summed E-state index contributed by atoms with van der Waals surface area (Å²) in [5.41, 5.74) is 3.82. The standard InChI is InChI=1S/C18H28N2O2SSi/c1-18(2,3)22-17(21)20-10-7-14(8-11-20)16-19-15(13-23-16)9-12-24(4,5)6/h13-14H,7-8,10-11H2,1-6H3. The minimum atomic E-state index is -1.37. The van der Waals surface area contributed by atoms with Crippen LogP contribution in [-0.4, -0.2) is 42.7 Å². The van der Waals surface area contributed by atoms with Gasteiger partial charge in [-0.2, -0.15) is 0 Å². The highest BCUT2D eigenvalue weighted by atomic mass is 32.1. The van der Waals surface area contributed by atoms with Gasteiger partial charge in [0, 0.05) is 24.4 Å². The number of likely N-dealkylation sites (tertiary alicyclic amines) is 1. The number of ether oxygens (including phenoxy) is 1. The van der Waals surface area contributed by atoms with Crippen LogP contribution in [0.3, 0.4) is 0 Å². The van der Waals surface area contributed by atoms with E-state index in [-0.39, 0.29) is 6.09 Å². The topological polar surface area (TPSA) is 42.4 Å². The monoisotopic (exact) mass is 364 g/mol. The van der Waals surface area contributed by atoms with Crippen molar-refractivity contribution in [3.05, 3.63) is 16.1 Å². The quantitative estimate of drug-likeness (QED) is 0.545. The lowest BCUT2D eigenvalue weighted by Crippen LogP contribution is -2.41. The van der Waals surface area contributed by atoms with Crippen LogP contribution in [0.2, 0.25) is 19.6 Å². The second-order valence-corrected chi connectivity index (χ2v) is 14.0. The molecule has 0 saturated carbocycles.